The minimum absolute atomic E-state index is 0.253. The number of carbonyl (C=O) groups excluding carboxylic acids is 1. The molecule has 1 atom stereocenters. The summed E-state index contributed by atoms with van der Waals surface area (Å²) in [6.45, 7) is 0.553. The summed E-state index contributed by atoms with van der Waals surface area (Å²) in [7, 11) is 0. The molecule has 1 saturated carbocycles. The van der Waals surface area contributed by atoms with Crippen LogP contribution < -0.4 is 5.73 Å². The van der Waals surface area contributed by atoms with Gasteiger partial charge in [0.05, 0.1) is 16.8 Å². The number of nitrogens with zero attached hydrogens (tertiary/aromatic N) is 5. The van der Waals surface area contributed by atoms with Gasteiger partial charge in [-0.3, -0.25) is 14.8 Å². The van der Waals surface area contributed by atoms with E-state index in [1.54, 1.807) is 29.8 Å². The summed E-state index contributed by atoms with van der Waals surface area (Å²) >= 11 is 1.65. The highest BCUT2D eigenvalue weighted by Crippen LogP contribution is 2.42. The van der Waals surface area contributed by atoms with Crippen molar-refractivity contribution in [1.29, 1.82) is 0 Å². The maximum Gasteiger partial charge on any atom is 0.267 e. The number of amides is 1. The number of nitrogens with two attached hydrogens (primary N) is 1. The van der Waals surface area contributed by atoms with Gasteiger partial charge in [-0.05, 0) is 53.6 Å². The van der Waals surface area contributed by atoms with Crippen LogP contribution in [0.25, 0.3) is 10.7 Å². The molecule has 1 aliphatic carbocycles. The molecular formula is C20H18N6OS. The summed E-state index contributed by atoms with van der Waals surface area (Å²) in [5, 5.41) is 10.6. The first kappa shape index (κ1) is 17.0. The first-order valence-electron chi connectivity index (χ1n) is 9.10. The van der Waals surface area contributed by atoms with Crippen molar-refractivity contribution in [3.63, 3.8) is 0 Å². The molecule has 5 rings (SSSR count). The fraction of sp³-hybridized carbons (Fsp3) is 0.250. The molecule has 4 heterocycles. The molecule has 1 fully saturated rings. The summed E-state index contributed by atoms with van der Waals surface area (Å²) in [6.07, 6.45) is 11.7. The molecule has 1 unspecified atom stereocenters. The van der Waals surface area contributed by atoms with Crippen LogP contribution >= 0.6 is 11.3 Å². The fourth-order valence-corrected chi connectivity index (χ4v) is 4.61. The zero-order chi connectivity index (χ0) is 19.1. The summed E-state index contributed by atoms with van der Waals surface area (Å²) in [5.74, 6) is 0.369. The average Bonchev–Trinajstić information content (AvgIpc) is 3.25. The van der Waals surface area contributed by atoms with E-state index >= 15 is 0 Å². The molecule has 3 aromatic heterocycles. The zero-order valence-corrected chi connectivity index (χ0v) is 15.8. The normalized spacial score (nSPS) is 21.1. The first-order valence-corrected chi connectivity index (χ1v) is 9.98. The van der Waals surface area contributed by atoms with Gasteiger partial charge in [-0.25, -0.2) is 0 Å². The molecule has 0 radical (unpaired) electrons. The van der Waals surface area contributed by atoms with E-state index in [0.717, 1.165) is 21.8 Å². The summed E-state index contributed by atoms with van der Waals surface area (Å²) in [5.41, 5.74) is 7.28. The van der Waals surface area contributed by atoms with Gasteiger partial charge in [0.25, 0.3) is 5.91 Å². The van der Waals surface area contributed by atoms with E-state index in [0.29, 0.717) is 12.6 Å². The molecule has 7 nitrogen and oxygen atoms in total. The number of hydrogen-bond acceptors (Lipinski definition) is 6. The number of pyridine rings is 1. The molecule has 0 aromatic carbocycles. The van der Waals surface area contributed by atoms with Gasteiger partial charge in [-0.2, -0.15) is 0 Å². The van der Waals surface area contributed by atoms with Crippen molar-refractivity contribution in [2.24, 2.45) is 10.7 Å². The summed E-state index contributed by atoms with van der Waals surface area (Å²) < 4.78 is 2.16. The lowest BCUT2D eigenvalue weighted by molar-refractivity contribution is 0.0995. The number of primary amides is 1. The molecule has 8 heteroatoms. The Morgan fingerprint density at radius 1 is 1.29 bits per heavy atom. The van der Waals surface area contributed by atoms with Gasteiger partial charge in [0.15, 0.2) is 5.82 Å². The van der Waals surface area contributed by atoms with Gasteiger partial charge >= 0.3 is 0 Å². The zero-order valence-electron chi connectivity index (χ0n) is 15.0. The van der Waals surface area contributed by atoms with E-state index in [1.807, 2.05) is 18.5 Å². The second-order valence-electron chi connectivity index (χ2n) is 7.11. The Hall–Kier alpha value is -3.13. The second kappa shape index (κ2) is 6.49. The molecule has 1 aliphatic heterocycles. The number of dihydropyridines is 1. The van der Waals surface area contributed by atoms with Crippen molar-refractivity contribution in [3.8, 4) is 10.7 Å². The lowest BCUT2D eigenvalue weighted by atomic mass is 9.74. The third-order valence-corrected chi connectivity index (χ3v) is 6.21. The first-order chi connectivity index (χ1) is 13.7. The highest BCUT2D eigenvalue weighted by atomic mass is 32.1. The molecule has 2 aliphatic rings. The average molecular weight is 390 g/mol. The van der Waals surface area contributed by atoms with Crippen LogP contribution in [-0.4, -0.2) is 38.4 Å². The number of aromatic nitrogens is 4. The molecule has 140 valence electrons. The quantitative estimate of drug-likeness (QED) is 0.724. The van der Waals surface area contributed by atoms with Crippen LogP contribution in [0.5, 0.6) is 0 Å². The molecule has 3 aromatic rings. The van der Waals surface area contributed by atoms with Crippen LogP contribution in [0.15, 0.2) is 53.2 Å². The van der Waals surface area contributed by atoms with E-state index in [9.17, 15) is 4.79 Å². The Morgan fingerprint density at radius 2 is 2.18 bits per heavy atom. The maximum absolute atomic E-state index is 11.6. The Labute approximate surface area is 165 Å². The monoisotopic (exact) mass is 390 g/mol. The highest BCUT2D eigenvalue weighted by Gasteiger charge is 2.35. The van der Waals surface area contributed by atoms with Gasteiger partial charge in [0.2, 0.25) is 0 Å². The van der Waals surface area contributed by atoms with Crippen LogP contribution in [0, 0.1) is 0 Å². The number of allylic oxidation sites excluding steroid dienone is 1. The fourth-order valence-electron chi connectivity index (χ4n) is 3.63. The number of rotatable bonds is 5. The van der Waals surface area contributed by atoms with Gasteiger partial charge in [0, 0.05) is 18.5 Å². The minimum atomic E-state index is -0.538. The lowest BCUT2D eigenvalue weighted by Crippen LogP contribution is -2.31. The Morgan fingerprint density at radius 3 is 2.93 bits per heavy atom. The molecule has 0 saturated heterocycles. The van der Waals surface area contributed by atoms with Gasteiger partial charge < -0.3 is 10.3 Å². The number of hydrogen-bond donors (Lipinski definition) is 1. The Kier molecular flexibility index (Phi) is 3.94. The lowest BCUT2D eigenvalue weighted by Gasteiger charge is -2.31. The van der Waals surface area contributed by atoms with E-state index in [4.69, 9.17) is 5.73 Å². The van der Waals surface area contributed by atoms with Gasteiger partial charge in [-0.1, -0.05) is 6.08 Å². The molecule has 28 heavy (non-hydrogen) atoms. The molecule has 2 N–H and O–H groups in total. The molecule has 1 amide bonds. The topological polar surface area (TPSA) is 99.1 Å². The van der Waals surface area contributed by atoms with Crippen molar-refractivity contribution in [1.82, 2.24) is 19.7 Å². The van der Waals surface area contributed by atoms with E-state index in [-0.39, 0.29) is 5.69 Å². The highest BCUT2D eigenvalue weighted by molar-refractivity contribution is 7.13. The molecule has 0 bridgehead atoms. The third-order valence-electron chi connectivity index (χ3n) is 5.29. The second-order valence-corrected chi connectivity index (χ2v) is 8.02. The van der Waals surface area contributed by atoms with Crippen molar-refractivity contribution < 1.29 is 4.79 Å². The number of thiophene rings is 1. The minimum Gasteiger partial charge on any atom is -0.364 e. The van der Waals surface area contributed by atoms with Crippen molar-refractivity contribution >= 4 is 23.5 Å². The number of carbonyl (C=O) groups is 1. The predicted octanol–water partition coefficient (Wildman–Crippen LogP) is 2.76. The van der Waals surface area contributed by atoms with Crippen LogP contribution in [0.3, 0.4) is 0 Å². The SMILES string of the molecule is NC(=O)c1cc(C2(c3csc(-c4nncn4C4CC4)c3)C=CC=NC2)ccn1. The van der Waals surface area contributed by atoms with Crippen LogP contribution in [0.4, 0.5) is 0 Å². The van der Waals surface area contributed by atoms with Crippen molar-refractivity contribution in [2.45, 2.75) is 24.3 Å². The predicted molar refractivity (Wildman–Crippen MR) is 108 cm³/mol. The van der Waals surface area contributed by atoms with Gasteiger partial charge in [-0.15, -0.1) is 21.5 Å². The van der Waals surface area contributed by atoms with E-state index < -0.39 is 11.3 Å². The molecular weight excluding hydrogens is 372 g/mol. The van der Waals surface area contributed by atoms with Crippen LogP contribution in [0.2, 0.25) is 0 Å². The Balaban J connectivity index is 1.60. The van der Waals surface area contributed by atoms with Crippen LogP contribution in [-0.2, 0) is 5.41 Å². The smallest absolute Gasteiger partial charge is 0.267 e. The Bertz CT molecular complexity index is 1110. The largest absolute Gasteiger partial charge is 0.364 e. The van der Waals surface area contributed by atoms with Crippen LogP contribution in [0.1, 0.15) is 40.5 Å². The van der Waals surface area contributed by atoms with Crippen molar-refractivity contribution in [3.05, 3.63) is 65.1 Å². The van der Waals surface area contributed by atoms with Crippen molar-refractivity contribution in [2.75, 3.05) is 6.54 Å². The third kappa shape index (κ3) is 2.77. The standard InChI is InChI=1S/C20H18N6OS/c21-18(27)16-8-13(4-7-23-16)20(5-1-6-22-11-20)14-9-17(28-10-14)19-25-24-12-26(19)15-2-3-15/h1,4-10,12,15H,2-3,11H2,(H2,21,27). The summed E-state index contributed by atoms with van der Waals surface area (Å²) in [6, 6.07) is 6.35. The van der Waals surface area contributed by atoms with Gasteiger partial charge in [0.1, 0.15) is 12.0 Å². The summed E-state index contributed by atoms with van der Waals surface area (Å²) in [4.78, 5) is 21.3. The van der Waals surface area contributed by atoms with E-state index in [2.05, 4.69) is 42.3 Å². The maximum atomic E-state index is 11.6. The van der Waals surface area contributed by atoms with E-state index in [1.165, 1.54) is 12.8 Å². The number of aliphatic imine (C=N–C) groups is 1. The molecule has 0 spiro atoms.